The second kappa shape index (κ2) is 9.00. The number of carboxylic acids is 1. The number of ether oxygens (including phenoxy) is 1. The maximum atomic E-state index is 12.3. The lowest BCUT2D eigenvalue weighted by Gasteiger charge is -2.11. The first-order valence-corrected chi connectivity index (χ1v) is 9.34. The molecule has 0 fully saturated rings. The normalized spacial score (nSPS) is 10.5. The van der Waals surface area contributed by atoms with Gasteiger partial charge in [-0.2, -0.15) is 4.68 Å². The third-order valence-electron chi connectivity index (χ3n) is 3.60. The quantitative estimate of drug-likeness (QED) is 0.555. The molecule has 2 N–H and O–H groups in total. The summed E-state index contributed by atoms with van der Waals surface area (Å²) in [6.45, 7) is 2.37. The highest BCUT2D eigenvalue weighted by Crippen LogP contribution is 2.26. The van der Waals surface area contributed by atoms with E-state index in [1.807, 2.05) is 31.2 Å². The largest absolute Gasteiger partial charge is 0.492 e. The summed E-state index contributed by atoms with van der Waals surface area (Å²) in [6.07, 6.45) is 0. The van der Waals surface area contributed by atoms with Crippen LogP contribution in [0.3, 0.4) is 0 Å². The van der Waals surface area contributed by atoms with Crippen LogP contribution < -0.4 is 10.1 Å². The molecule has 10 heteroatoms. The minimum atomic E-state index is -1.11. The van der Waals surface area contributed by atoms with Crippen LogP contribution in [0.5, 0.6) is 5.75 Å². The molecule has 1 aromatic heterocycles. The van der Waals surface area contributed by atoms with Crippen LogP contribution in [-0.4, -0.2) is 49.6 Å². The summed E-state index contributed by atoms with van der Waals surface area (Å²) in [6, 6.07) is 13.5. The Bertz CT molecular complexity index is 991. The van der Waals surface area contributed by atoms with Crippen molar-refractivity contribution in [3.05, 3.63) is 54.1 Å². The molecule has 28 heavy (non-hydrogen) atoms. The Balaban J connectivity index is 1.71. The monoisotopic (exact) mass is 399 g/mol. The van der Waals surface area contributed by atoms with E-state index in [-0.39, 0.29) is 22.9 Å². The zero-order valence-corrected chi connectivity index (χ0v) is 15.7. The molecule has 144 valence electrons. The van der Waals surface area contributed by atoms with Crippen LogP contribution in [0.25, 0.3) is 5.69 Å². The summed E-state index contributed by atoms with van der Waals surface area (Å²) in [7, 11) is 0. The fraction of sp³-hybridized carbons (Fsp3) is 0.167. The van der Waals surface area contributed by atoms with Crippen molar-refractivity contribution in [3.63, 3.8) is 0 Å². The van der Waals surface area contributed by atoms with E-state index in [9.17, 15) is 14.7 Å². The van der Waals surface area contributed by atoms with Crippen molar-refractivity contribution < 1.29 is 19.4 Å². The van der Waals surface area contributed by atoms with Crippen molar-refractivity contribution in [2.45, 2.75) is 12.1 Å². The number of carbonyl (C=O) groups excluding carboxylic acids is 1. The molecular formula is C18H17N5O4S. The first kappa shape index (κ1) is 19.4. The van der Waals surface area contributed by atoms with Gasteiger partial charge in [0.25, 0.3) is 0 Å². The highest BCUT2D eigenvalue weighted by molar-refractivity contribution is 7.99. The molecule has 3 aromatic rings. The molecule has 0 saturated heterocycles. The summed E-state index contributed by atoms with van der Waals surface area (Å²) in [5, 5.41) is 23.8. The number of anilines is 1. The molecule has 1 heterocycles. The van der Waals surface area contributed by atoms with Crippen molar-refractivity contribution in [2.75, 3.05) is 17.7 Å². The fourth-order valence-corrected chi connectivity index (χ4v) is 3.11. The number of thioether (sulfide) groups is 1. The number of amides is 1. The number of carboxylic acid groups (broad SMARTS) is 1. The Labute approximate surface area is 164 Å². The topological polar surface area (TPSA) is 119 Å². The number of aromatic nitrogens is 4. The Morgan fingerprint density at radius 2 is 1.93 bits per heavy atom. The van der Waals surface area contributed by atoms with Gasteiger partial charge >= 0.3 is 5.97 Å². The molecule has 0 aliphatic rings. The van der Waals surface area contributed by atoms with Crippen LogP contribution in [0, 0.1) is 0 Å². The highest BCUT2D eigenvalue weighted by atomic mass is 32.2. The molecule has 0 radical (unpaired) electrons. The van der Waals surface area contributed by atoms with Crippen LogP contribution in [0.2, 0.25) is 0 Å². The van der Waals surface area contributed by atoms with Crippen LogP contribution >= 0.6 is 11.8 Å². The standard InChI is InChI=1S/C18H17N5O4S/c1-2-27-15-10-6-5-9-14(15)23-18(20-21-22-23)28-11-16(24)19-13-8-4-3-7-12(13)17(25)26/h3-10H,2,11H2,1H3,(H,19,24)(H,25,26). The Morgan fingerprint density at radius 3 is 2.71 bits per heavy atom. The molecule has 2 aromatic carbocycles. The Hall–Kier alpha value is -3.40. The molecule has 0 aliphatic heterocycles. The SMILES string of the molecule is CCOc1ccccc1-n1nnnc1SCC(=O)Nc1ccccc1C(=O)O. The maximum Gasteiger partial charge on any atom is 0.337 e. The number of aromatic carboxylic acids is 1. The van der Waals surface area contributed by atoms with Gasteiger partial charge in [-0.25, -0.2) is 4.79 Å². The van der Waals surface area contributed by atoms with E-state index in [4.69, 9.17) is 4.74 Å². The van der Waals surface area contributed by atoms with Gasteiger partial charge in [-0.3, -0.25) is 4.79 Å². The van der Waals surface area contributed by atoms with Crippen LogP contribution in [0.1, 0.15) is 17.3 Å². The van der Waals surface area contributed by atoms with Gasteiger partial charge in [0.2, 0.25) is 11.1 Å². The zero-order valence-electron chi connectivity index (χ0n) is 14.9. The molecule has 0 saturated carbocycles. The molecule has 0 bridgehead atoms. The number of nitrogens with one attached hydrogen (secondary N) is 1. The number of nitrogens with zero attached hydrogens (tertiary/aromatic N) is 4. The number of hydrogen-bond donors (Lipinski definition) is 2. The van der Waals surface area contributed by atoms with Gasteiger partial charge < -0.3 is 15.2 Å². The molecule has 3 rings (SSSR count). The fourth-order valence-electron chi connectivity index (χ4n) is 2.42. The van der Waals surface area contributed by atoms with Gasteiger partial charge in [0.15, 0.2) is 0 Å². The lowest BCUT2D eigenvalue weighted by Crippen LogP contribution is -2.17. The Morgan fingerprint density at radius 1 is 1.18 bits per heavy atom. The second-order valence-corrected chi connectivity index (χ2v) is 6.40. The van der Waals surface area contributed by atoms with E-state index in [1.54, 1.807) is 12.1 Å². The zero-order chi connectivity index (χ0) is 19.9. The van der Waals surface area contributed by atoms with E-state index in [1.165, 1.54) is 16.8 Å². The number of hydrogen-bond acceptors (Lipinski definition) is 7. The lowest BCUT2D eigenvalue weighted by atomic mass is 10.2. The van der Waals surface area contributed by atoms with Crippen molar-refractivity contribution >= 4 is 29.3 Å². The van der Waals surface area contributed by atoms with Gasteiger partial charge in [0.1, 0.15) is 11.4 Å². The van der Waals surface area contributed by atoms with Crippen molar-refractivity contribution in [3.8, 4) is 11.4 Å². The molecule has 9 nitrogen and oxygen atoms in total. The first-order chi connectivity index (χ1) is 13.6. The number of carbonyl (C=O) groups is 2. The summed E-state index contributed by atoms with van der Waals surface area (Å²) >= 11 is 1.13. The van der Waals surface area contributed by atoms with Crippen LogP contribution in [0.4, 0.5) is 5.69 Å². The predicted octanol–water partition coefficient (Wildman–Crippen LogP) is 2.49. The number of rotatable bonds is 8. The predicted molar refractivity (Wildman–Crippen MR) is 103 cm³/mol. The van der Waals surface area contributed by atoms with Gasteiger partial charge in [-0.1, -0.05) is 36.0 Å². The lowest BCUT2D eigenvalue weighted by molar-refractivity contribution is -0.113. The highest BCUT2D eigenvalue weighted by Gasteiger charge is 2.16. The van der Waals surface area contributed by atoms with E-state index in [0.717, 1.165) is 11.8 Å². The summed E-state index contributed by atoms with van der Waals surface area (Å²) in [4.78, 5) is 23.5. The van der Waals surface area contributed by atoms with E-state index in [2.05, 4.69) is 20.8 Å². The molecule has 1 amide bonds. The van der Waals surface area contributed by atoms with Crippen LogP contribution in [0.15, 0.2) is 53.7 Å². The van der Waals surface area contributed by atoms with Gasteiger partial charge in [-0.15, -0.1) is 5.10 Å². The molecule has 0 atom stereocenters. The number of tetrazole rings is 1. The maximum absolute atomic E-state index is 12.3. The van der Waals surface area contributed by atoms with Crippen molar-refractivity contribution in [1.29, 1.82) is 0 Å². The third kappa shape index (κ3) is 4.46. The summed E-state index contributed by atoms with van der Waals surface area (Å²) in [5.41, 5.74) is 0.923. The number of benzene rings is 2. The van der Waals surface area contributed by atoms with Gasteiger partial charge in [0, 0.05) is 0 Å². The van der Waals surface area contributed by atoms with E-state index in [0.29, 0.717) is 23.2 Å². The average molecular weight is 399 g/mol. The van der Waals surface area contributed by atoms with Crippen LogP contribution in [-0.2, 0) is 4.79 Å². The minimum absolute atomic E-state index is 0.00509. The van der Waals surface area contributed by atoms with E-state index < -0.39 is 5.97 Å². The van der Waals surface area contributed by atoms with Crippen molar-refractivity contribution in [2.24, 2.45) is 0 Å². The molecule has 0 unspecified atom stereocenters. The summed E-state index contributed by atoms with van der Waals surface area (Å²) in [5.74, 6) is -0.851. The number of para-hydroxylation sites is 3. The average Bonchev–Trinajstić information content (AvgIpc) is 3.16. The minimum Gasteiger partial charge on any atom is -0.492 e. The van der Waals surface area contributed by atoms with Gasteiger partial charge in [0.05, 0.1) is 23.6 Å². The molecular weight excluding hydrogens is 382 g/mol. The third-order valence-corrected chi connectivity index (χ3v) is 4.52. The first-order valence-electron chi connectivity index (χ1n) is 8.35. The van der Waals surface area contributed by atoms with Crippen molar-refractivity contribution in [1.82, 2.24) is 20.2 Å². The smallest absolute Gasteiger partial charge is 0.337 e. The second-order valence-electron chi connectivity index (χ2n) is 5.46. The Kier molecular flexibility index (Phi) is 6.22. The van der Waals surface area contributed by atoms with E-state index >= 15 is 0 Å². The summed E-state index contributed by atoms with van der Waals surface area (Å²) < 4.78 is 7.09. The molecule has 0 aliphatic carbocycles. The van der Waals surface area contributed by atoms with Gasteiger partial charge in [-0.05, 0) is 41.6 Å². The molecule has 0 spiro atoms.